The van der Waals surface area contributed by atoms with Crippen LogP contribution in [0.25, 0.3) is 0 Å². The van der Waals surface area contributed by atoms with Crippen molar-refractivity contribution in [2.24, 2.45) is 0 Å². The number of benzene rings is 1. The van der Waals surface area contributed by atoms with Crippen molar-refractivity contribution in [2.45, 2.75) is 39.9 Å². The molecule has 1 aromatic carbocycles. The fourth-order valence-corrected chi connectivity index (χ4v) is 1.98. The van der Waals surface area contributed by atoms with Crippen LogP contribution in [0.4, 0.5) is 0 Å². The summed E-state index contributed by atoms with van der Waals surface area (Å²) in [6.45, 7) is 8.67. The summed E-state index contributed by atoms with van der Waals surface area (Å²) in [6.07, 6.45) is 3.85. The summed E-state index contributed by atoms with van der Waals surface area (Å²) in [4.78, 5) is 4.35. The predicted octanol–water partition coefficient (Wildman–Crippen LogP) is 2.77. The number of hydrogen-bond acceptors (Lipinski definition) is 3. The second-order valence-corrected chi connectivity index (χ2v) is 5.04. The van der Waals surface area contributed by atoms with Gasteiger partial charge in [0, 0.05) is 25.0 Å². The second kappa shape index (κ2) is 7.10. The molecule has 0 radical (unpaired) electrons. The van der Waals surface area contributed by atoms with Gasteiger partial charge in [0.15, 0.2) is 0 Å². The zero-order valence-corrected chi connectivity index (χ0v) is 12.5. The average molecular weight is 273 g/mol. The summed E-state index contributed by atoms with van der Waals surface area (Å²) in [7, 11) is 0. The molecule has 1 atom stereocenters. The number of ether oxygens (including phenoxy) is 1. The van der Waals surface area contributed by atoms with Gasteiger partial charge in [-0.25, -0.2) is 4.98 Å². The fourth-order valence-electron chi connectivity index (χ4n) is 1.98. The molecule has 2 rings (SSSR count). The molecule has 0 saturated heterocycles. The zero-order chi connectivity index (χ0) is 14.4. The lowest BCUT2D eigenvalue weighted by Gasteiger charge is -2.15. The number of nitrogens with zero attached hydrogens (tertiary/aromatic N) is 2. The molecule has 0 spiro atoms. The number of aryl methyl sites for hydroxylation is 2. The van der Waals surface area contributed by atoms with Gasteiger partial charge in [-0.05, 0) is 32.9 Å². The molecule has 4 nitrogen and oxygen atoms in total. The summed E-state index contributed by atoms with van der Waals surface area (Å²) < 4.78 is 7.90. The van der Waals surface area contributed by atoms with Crippen molar-refractivity contribution >= 4 is 0 Å². The highest BCUT2D eigenvalue weighted by Gasteiger charge is 2.06. The molecule has 2 aromatic rings. The molecule has 0 saturated carbocycles. The fraction of sp³-hybridized carbons (Fsp3) is 0.438. The minimum atomic E-state index is 0.276. The van der Waals surface area contributed by atoms with Crippen LogP contribution in [0.5, 0.6) is 5.75 Å². The van der Waals surface area contributed by atoms with Gasteiger partial charge in [0.2, 0.25) is 0 Å². The molecular weight excluding hydrogens is 250 g/mol. The monoisotopic (exact) mass is 273 g/mol. The van der Waals surface area contributed by atoms with E-state index in [4.69, 9.17) is 4.74 Å². The first-order chi connectivity index (χ1) is 9.69. The predicted molar refractivity (Wildman–Crippen MR) is 80.9 cm³/mol. The molecule has 20 heavy (non-hydrogen) atoms. The smallest absolute Gasteiger partial charge is 0.122 e. The number of imidazole rings is 1. The van der Waals surface area contributed by atoms with Crippen LogP contribution in [0, 0.1) is 6.92 Å². The Bertz CT molecular complexity index is 519. The van der Waals surface area contributed by atoms with Gasteiger partial charge in [0.1, 0.15) is 18.2 Å². The van der Waals surface area contributed by atoms with Crippen LogP contribution < -0.4 is 10.1 Å². The van der Waals surface area contributed by atoms with Crippen LogP contribution in [0.3, 0.4) is 0 Å². The van der Waals surface area contributed by atoms with Gasteiger partial charge in [-0.3, -0.25) is 0 Å². The second-order valence-electron chi connectivity index (χ2n) is 5.04. The highest BCUT2D eigenvalue weighted by Crippen LogP contribution is 2.11. The molecule has 1 heterocycles. The lowest BCUT2D eigenvalue weighted by molar-refractivity contribution is 0.271. The van der Waals surface area contributed by atoms with Crippen molar-refractivity contribution in [2.75, 3.05) is 6.61 Å². The Morgan fingerprint density at radius 1 is 1.30 bits per heavy atom. The number of nitrogens with one attached hydrogen (secondary N) is 1. The summed E-state index contributed by atoms with van der Waals surface area (Å²) >= 11 is 0. The van der Waals surface area contributed by atoms with Crippen LogP contribution in [0.2, 0.25) is 0 Å². The summed E-state index contributed by atoms with van der Waals surface area (Å²) in [5.41, 5.74) is 1.25. The summed E-state index contributed by atoms with van der Waals surface area (Å²) in [5, 5.41) is 3.43. The van der Waals surface area contributed by atoms with E-state index in [9.17, 15) is 0 Å². The van der Waals surface area contributed by atoms with Gasteiger partial charge in [-0.2, -0.15) is 0 Å². The van der Waals surface area contributed by atoms with E-state index < -0.39 is 0 Å². The molecule has 0 fully saturated rings. The van der Waals surface area contributed by atoms with E-state index in [-0.39, 0.29) is 6.04 Å². The molecule has 0 aliphatic carbocycles. The third-order valence-electron chi connectivity index (χ3n) is 3.27. The molecule has 0 aliphatic rings. The maximum Gasteiger partial charge on any atom is 0.122 e. The molecule has 1 N–H and O–H groups in total. The standard InChI is InChI=1S/C16H23N3O/c1-4-19-10-9-17-16(19)11-18-14(3)12-20-15-7-5-13(2)6-8-15/h5-10,14,18H,4,11-12H2,1-3H3. The first-order valence-corrected chi connectivity index (χ1v) is 7.12. The Kier molecular flexibility index (Phi) is 5.18. The Labute approximate surface area is 120 Å². The van der Waals surface area contributed by atoms with E-state index in [0.717, 1.165) is 24.7 Å². The quantitative estimate of drug-likeness (QED) is 0.843. The van der Waals surface area contributed by atoms with Crippen LogP contribution in [-0.4, -0.2) is 22.2 Å². The van der Waals surface area contributed by atoms with Gasteiger partial charge in [-0.1, -0.05) is 17.7 Å². The Morgan fingerprint density at radius 3 is 2.75 bits per heavy atom. The summed E-state index contributed by atoms with van der Waals surface area (Å²) in [6, 6.07) is 8.41. The van der Waals surface area contributed by atoms with E-state index in [0.29, 0.717) is 6.61 Å². The third-order valence-corrected chi connectivity index (χ3v) is 3.27. The Balaban J connectivity index is 1.75. The largest absolute Gasteiger partial charge is 0.492 e. The SMILES string of the molecule is CCn1ccnc1CNC(C)COc1ccc(C)cc1. The molecule has 108 valence electrons. The molecule has 4 heteroatoms. The highest BCUT2D eigenvalue weighted by molar-refractivity contribution is 5.26. The van der Waals surface area contributed by atoms with Crippen molar-refractivity contribution in [1.29, 1.82) is 0 Å². The van der Waals surface area contributed by atoms with Crippen molar-refractivity contribution in [3.8, 4) is 5.75 Å². The van der Waals surface area contributed by atoms with Crippen LogP contribution >= 0.6 is 0 Å². The van der Waals surface area contributed by atoms with Crippen molar-refractivity contribution in [3.63, 3.8) is 0 Å². The number of rotatable bonds is 7. The lowest BCUT2D eigenvalue weighted by atomic mass is 10.2. The van der Waals surface area contributed by atoms with Gasteiger partial charge in [-0.15, -0.1) is 0 Å². The molecule has 1 unspecified atom stereocenters. The van der Waals surface area contributed by atoms with Crippen LogP contribution in [0.1, 0.15) is 25.2 Å². The average Bonchev–Trinajstić information content (AvgIpc) is 2.92. The minimum absolute atomic E-state index is 0.276. The van der Waals surface area contributed by atoms with E-state index in [1.807, 2.05) is 24.5 Å². The minimum Gasteiger partial charge on any atom is -0.492 e. The molecule has 0 amide bonds. The van der Waals surface area contributed by atoms with Crippen molar-refractivity contribution < 1.29 is 4.74 Å². The van der Waals surface area contributed by atoms with Crippen molar-refractivity contribution in [1.82, 2.24) is 14.9 Å². The maximum atomic E-state index is 5.76. The van der Waals surface area contributed by atoms with Gasteiger partial charge in [0.25, 0.3) is 0 Å². The topological polar surface area (TPSA) is 39.1 Å². The van der Waals surface area contributed by atoms with E-state index >= 15 is 0 Å². The van der Waals surface area contributed by atoms with Crippen molar-refractivity contribution in [3.05, 3.63) is 48.0 Å². The lowest BCUT2D eigenvalue weighted by Crippen LogP contribution is -2.32. The third kappa shape index (κ3) is 4.10. The molecule has 0 bridgehead atoms. The van der Waals surface area contributed by atoms with E-state index in [1.54, 1.807) is 0 Å². The molecule has 1 aromatic heterocycles. The highest BCUT2D eigenvalue weighted by atomic mass is 16.5. The maximum absolute atomic E-state index is 5.76. The van der Waals surface area contributed by atoms with Gasteiger partial charge in [0.05, 0.1) is 6.54 Å². The van der Waals surface area contributed by atoms with Crippen LogP contribution in [-0.2, 0) is 13.1 Å². The molecular formula is C16H23N3O. The van der Waals surface area contributed by atoms with E-state index in [2.05, 4.69) is 47.8 Å². The summed E-state index contributed by atoms with van der Waals surface area (Å²) in [5.74, 6) is 1.98. The molecule has 0 aliphatic heterocycles. The van der Waals surface area contributed by atoms with Crippen LogP contribution in [0.15, 0.2) is 36.7 Å². The Hall–Kier alpha value is -1.81. The van der Waals surface area contributed by atoms with Gasteiger partial charge < -0.3 is 14.6 Å². The first kappa shape index (κ1) is 14.6. The van der Waals surface area contributed by atoms with E-state index in [1.165, 1.54) is 5.56 Å². The van der Waals surface area contributed by atoms with Gasteiger partial charge >= 0.3 is 0 Å². The normalized spacial score (nSPS) is 12.3. The number of aromatic nitrogens is 2. The number of hydrogen-bond donors (Lipinski definition) is 1. The Morgan fingerprint density at radius 2 is 2.05 bits per heavy atom. The first-order valence-electron chi connectivity index (χ1n) is 7.12. The zero-order valence-electron chi connectivity index (χ0n) is 12.5.